The summed E-state index contributed by atoms with van der Waals surface area (Å²) in [6, 6.07) is 7.02. The molecule has 0 aliphatic heterocycles. The van der Waals surface area contributed by atoms with Crippen molar-refractivity contribution >= 4 is 23.3 Å². The molecule has 2 amide bonds. The highest BCUT2D eigenvalue weighted by molar-refractivity contribution is 6.33. The fraction of sp³-hybridized carbons (Fsp3) is 0.500. The first-order chi connectivity index (χ1) is 9.16. The number of rotatable bonds is 2. The zero-order valence-electron chi connectivity index (χ0n) is 10.9. The molecule has 0 heterocycles. The third-order valence-corrected chi connectivity index (χ3v) is 3.84. The molecule has 19 heavy (non-hydrogen) atoms. The first-order valence-electron chi connectivity index (χ1n) is 6.74. The van der Waals surface area contributed by atoms with Crippen molar-refractivity contribution in [2.45, 2.75) is 44.2 Å². The number of carbonyl (C=O) groups excluding carboxylic acids is 1. The number of amides is 2. The van der Waals surface area contributed by atoms with Crippen LogP contribution in [0.15, 0.2) is 24.3 Å². The Morgan fingerprint density at radius 3 is 2.74 bits per heavy atom. The van der Waals surface area contributed by atoms with E-state index in [9.17, 15) is 4.79 Å². The van der Waals surface area contributed by atoms with E-state index in [-0.39, 0.29) is 18.1 Å². The van der Waals surface area contributed by atoms with E-state index in [2.05, 4.69) is 10.6 Å². The Balaban J connectivity index is 1.92. The summed E-state index contributed by atoms with van der Waals surface area (Å²) in [5, 5.41) is 6.24. The quantitative estimate of drug-likeness (QED) is 0.729. The number of nitrogens with one attached hydrogen (secondary N) is 2. The number of urea groups is 1. The van der Waals surface area contributed by atoms with Crippen LogP contribution in [0.4, 0.5) is 10.5 Å². The lowest BCUT2D eigenvalue weighted by Crippen LogP contribution is -2.48. The van der Waals surface area contributed by atoms with Gasteiger partial charge in [0.15, 0.2) is 0 Å². The van der Waals surface area contributed by atoms with Gasteiger partial charge in [-0.05, 0) is 25.0 Å². The predicted octanol–water partition coefficient (Wildman–Crippen LogP) is 3.12. The summed E-state index contributed by atoms with van der Waals surface area (Å²) in [7, 11) is 0. The predicted molar refractivity (Wildman–Crippen MR) is 78.5 cm³/mol. The van der Waals surface area contributed by atoms with E-state index >= 15 is 0 Å². The molecule has 2 atom stereocenters. The van der Waals surface area contributed by atoms with Gasteiger partial charge in [0.2, 0.25) is 0 Å². The molecule has 4 nitrogen and oxygen atoms in total. The van der Waals surface area contributed by atoms with Crippen LogP contribution in [0.25, 0.3) is 0 Å². The van der Waals surface area contributed by atoms with Gasteiger partial charge in [0.05, 0.1) is 10.7 Å². The van der Waals surface area contributed by atoms with E-state index in [0.29, 0.717) is 10.7 Å². The number of para-hydroxylation sites is 1. The first-order valence-corrected chi connectivity index (χ1v) is 7.12. The van der Waals surface area contributed by atoms with E-state index in [1.165, 1.54) is 6.42 Å². The summed E-state index contributed by atoms with van der Waals surface area (Å²) in [4.78, 5) is 12.0. The summed E-state index contributed by atoms with van der Waals surface area (Å²) in [5.74, 6) is 0. The molecule has 104 valence electrons. The number of hydrogen-bond acceptors (Lipinski definition) is 2. The zero-order valence-corrected chi connectivity index (χ0v) is 11.6. The van der Waals surface area contributed by atoms with Crippen molar-refractivity contribution in [1.82, 2.24) is 5.32 Å². The van der Waals surface area contributed by atoms with Crippen molar-refractivity contribution in [3.8, 4) is 0 Å². The highest BCUT2D eigenvalue weighted by atomic mass is 35.5. The second-order valence-corrected chi connectivity index (χ2v) is 5.39. The van der Waals surface area contributed by atoms with Crippen LogP contribution in [0.3, 0.4) is 0 Å². The van der Waals surface area contributed by atoms with Crippen LogP contribution in [0.5, 0.6) is 0 Å². The minimum Gasteiger partial charge on any atom is -0.334 e. The Kier molecular flexibility index (Phi) is 5.05. The molecule has 1 aromatic rings. The molecule has 0 bridgehead atoms. The van der Waals surface area contributed by atoms with Crippen molar-refractivity contribution in [3.63, 3.8) is 0 Å². The fourth-order valence-electron chi connectivity index (χ4n) is 2.40. The largest absolute Gasteiger partial charge is 0.334 e. The molecule has 0 radical (unpaired) electrons. The lowest BCUT2D eigenvalue weighted by atomic mass is 10.0. The number of benzene rings is 1. The maximum Gasteiger partial charge on any atom is 0.319 e. The van der Waals surface area contributed by atoms with Crippen molar-refractivity contribution in [3.05, 3.63) is 29.3 Å². The lowest BCUT2D eigenvalue weighted by Gasteiger charge is -2.23. The number of nitrogens with two attached hydrogens (primary N) is 1. The van der Waals surface area contributed by atoms with Crippen LogP contribution in [0.1, 0.15) is 32.1 Å². The molecule has 5 heteroatoms. The maximum absolute atomic E-state index is 12.0. The smallest absolute Gasteiger partial charge is 0.319 e. The summed E-state index contributed by atoms with van der Waals surface area (Å²) in [6.07, 6.45) is 5.36. The molecule has 0 aromatic heterocycles. The van der Waals surface area contributed by atoms with Gasteiger partial charge in [-0.2, -0.15) is 0 Å². The van der Waals surface area contributed by atoms with Crippen molar-refractivity contribution < 1.29 is 4.79 Å². The van der Waals surface area contributed by atoms with E-state index < -0.39 is 0 Å². The molecule has 1 aromatic carbocycles. The Bertz CT molecular complexity index is 438. The monoisotopic (exact) mass is 281 g/mol. The van der Waals surface area contributed by atoms with Crippen molar-refractivity contribution in [2.75, 3.05) is 5.32 Å². The highest BCUT2D eigenvalue weighted by Crippen LogP contribution is 2.21. The van der Waals surface area contributed by atoms with Gasteiger partial charge in [-0.1, -0.05) is 43.0 Å². The average molecular weight is 282 g/mol. The molecule has 1 aliphatic carbocycles. The molecule has 4 N–H and O–H groups in total. The Morgan fingerprint density at radius 2 is 1.95 bits per heavy atom. The van der Waals surface area contributed by atoms with Crippen LogP contribution in [-0.4, -0.2) is 18.1 Å². The van der Waals surface area contributed by atoms with Gasteiger partial charge in [0, 0.05) is 12.1 Å². The molecule has 1 saturated carbocycles. The number of anilines is 1. The third kappa shape index (κ3) is 4.11. The Labute approximate surface area is 118 Å². The van der Waals surface area contributed by atoms with Gasteiger partial charge in [-0.15, -0.1) is 0 Å². The van der Waals surface area contributed by atoms with Gasteiger partial charge in [-0.25, -0.2) is 4.79 Å². The van der Waals surface area contributed by atoms with E-state index in [4.69, 9.17) is 17.3 Å². The van der Waals surface area contributed by atoms with Crippen LogP contribution < -0.4 is 16.4 Å². The Hall–Kier alpha value is -1.26. The minimum absolute atomic E-state index is 0.0412. The average Bonchev–Trinajstić information content (AvgIpc) is 2.58. The van der Waals surface area contributed by atoms with Gasteiger partial charge in [0.25, 0.3) is 0 Å². The fourth-order valence-corrected chi connectivity index (χ4v) is 2.59. The molecule has 0 spiro atoms. The summed E-state index contributed by atoms with van der Waals surface area (Å²) in [6.45, 7) is 0. The number of carbonyl (C=O) groups is 1. The van der Waals surface area contributed by atoms with E-state index in [0.717, 1.165) is 25.7 Å². The van der Waals surface area contributed by atoms with Gasteiger partial charge in [-0.3, -0.25) is 0 Å². The Morgan fingerprint density at radius 1 is 1.21 bits per heavy atom. The topological polar surface area (TPSA) is 67.1 Å². The zero-order chi connectivity index (χ0) is 13.7. The van der Waals surface area contributed by atoms with Crippen LogP contribution >= 0.6 is 11.6 Å². The second kappa shape index (κ2) is 6.78. The normalized spacial score (nSPS) is 23.5. The van der Waals surface area contributed by atoms with Crippen molar-refractivity contribution in [2.24, 2.45) is 5.73 Å². The molecule has 1 fully saturated rings. The van der Waals surface area contributed by atoms with Crippen LogP contribution in [0, 0.1) is 0 Å². The molecule has 1 aliphatic rings. The first kappa shape index (κ1) is 14.2. The summed E-state index contributed by atoms with van der Waals surface area (Å²) in [5.41, 5.74) is 6.70. The SMILES string of the molecule is NC1CCCCCC1NC(=O)Nc1ccccc1Cl. The van der Waals surface area contributed by atoms with Gasteiger partial charge >= 0.3 is 6.03 Å². The minimum atomic E-state index is -0.240. The standard InChI is InChI=1S/C14H20ClN3O/c15-10-6-4-5-8-12(10)17-14(19)18-13-9-3-1-2-7-11(13)16/h4-6,8,11,13H,1-3,7,9,16H2,(H2,17,18,19). The number of halogens is 1. The molecule has 2 rings (SSSR count). The summed E-state index contributed by atoms with van der Waals surface area (Å²) < 4.78 is 0. The van der Waals surface area contributed by atoms with Crippen LogP contribution in [0.2, 0.25) is 5.02 Å². The molecular formula is C14H20ClN3O. The van der Waals surface area contributed by atoms with Gasteiger partial charge in [0.1, 0.15) is 0 Å². The van der Waals surface area contributed by atoms with E-state index in [1.54, 1.807) is 12.1 Å². The lowest BCUT2D eigenvalue weighted by molar-refractivity contribution is 0.245. The third-order valence-electron chi connectivity index (χ3n) is 3.51. The number of hydrogen-bond donors (Lipinski definition) is 3. The van der Waals surface area contributed by atoms with Crippen LogP contribution in [-0.2, 0) is 0 Å². The summed E-state index contributed by atoms with van der Waals surface area (Å²) >= 11 is 6.00. The highest BCUT2D eigenvalue weighted by Gasteiger charge is 2.22. The van der Waals surface area contributed by atoms with Gasteiger partial charge < -0.3 is 16.4 Å². The molecule has 2 unspecified atom stereocenters. The van der Waals surface area contributed by atoms with Crippen molar-refractivity contribution in [1.29, 1.82) is 0 Å². The molecule has 0 saturated heterocycles. The second-order valence-electron chi connectivity index (χ2n) is 4.99. The van der Waals surface area contributed by atoms with E-state index in [1.807, 2.05) is 12.1 Å². The maximum atomic E-state index is 12.0. The molecular weight excluding hydrogens is 262 g/mol.